The molecule has 0 aliphatic rings. The van der Waals surface area contributed by atoms with E-state index in [0.717, 1.165) is 12.0 Å². The number of nitrogens with zero attached hydrogens (tertiary/aromatic N) is 1. The summed E-state index contributed by atoms with van der Waals surface area (Å²) in [6, 6.07) is 15.8. The number of carbonyl (C=O) groups is 1. The number of ether oxygens (including phenoxy) is 2. The minimum atomic E-state index is -3.33. The van der Waals surface area contributed by atoms with Crippen LogP contribution in [0.15, 0.2) is 54.6 Å². The van der Waals surface area contributed by atoms with Crippen molar-refractivity contribution >= 4 is 21.6 Å². The summed E-state index contributed by atoms with van der Waals surface area (Å²) in [4.78, 5) is 12.5. The number of nitrogens with one attached hydrogen (secondary N) is 1. The first-order valence-electron chi connectivity index (χ1n) is 9.39. The van der Waals surface area contributed by atoms with Crippen molar-refractivity contribution in [3.05, 3.63) is 54.6 Å². The molecule has 29 heavy (non-hydrogen) atoms. The average Bonchev–Trinajstić information content (AvgIpc) is 2.70. The lowest BCUT2D eigenvalue weighted by Crippen LogP contribution is -2.44. The van der Waals surface area contributed by atoms with Gasteiger partial charge in [0.25, 0.3) is 5.91 Å². The van der Waals surface area contributed by atoms with Crippen molar-refractivity contribution in [2.75, 3.05) is 24.2 Å². The monoisotopic (exact) mass is 420 g/mol. The van der Waals surface area contributed by atoms with Crippen LogP contribution in [0, 0.1) is 0 Å². The third-order valence-corrected chi connectivity index (χ3v) is 5.48. The zero-order valence-electron chi connectivity index (χ0n) is 17.2. The van der Waals surface area contributed by atoms with Gasteiger partial charge in [0, 0.05) is 7.05 Å². The van der Waals surface area contributed by atoms with Crippen molar-refractivity contribution in [1.29, 1.82) is 0 Å². The Morgan fingerprint density at radius 2 is 1.69 bits per heavy atom. The molecule has 8 heteroatoms. The van der Waals surface area contributed by atoms with Crippen molar-refractivity contribution in [3.63, 3.8) is 0 Å². The summed E-state index contributed by atoms with van der Waals surface area (Å²) < 4.78 is 35.8. The molecule has 0 aliphatic carbocycles. The second-order valence-electron chi connectivity index (χ2n) is 6.77. The Bertz CT molecular complexity index is 885. The molecule has 2 rings (SSSR count). The fraction of sp³-hybridized carbons (Fsp3) is 0.381. The molecule has 7 nitrogen and oxygen atoms in total. The predicted octanol–water partition coefficient (Wildman–Crippen LogP) is 2.82. The molecule has 0 bridgehead atoms. The number of carbonyl (C=O) groups excluding carboxylic acids is 1. The normalized spacial score (nSPS) is 13.2. The van der Waals surface area contributed by atoms with Crippen LogP contribution >= 0.6 is 0 Å². The largest absolute Gasteiger partial charge is 0.491 e. The molecule has 0 radical (unpaired) electrons. The van der Waals surface area contributed by atoms with Gasteiger partial charge in [-0.2, -0.15) is 0 Å². The molecule has 0 saturated carbocycles. The fourth-order valence-electron chi connectivity index (χ4n) is 2.53. The average molecular weight is 421 g/mol. The predicted molar refractivity (Wildman–Crippen MR) is 114 cm³/mol. The maximum atomic E-state index is 12.5. The molecule has 0 saturated heterocycles. The smallest absolute Gasteiger partial charge is 0.261 e. The van der Waals surface area contributed by atoms with E-state index in [0.29, 0.717) is 24.5 Å². The topological polar surface area (TPSA) is 84.9 Å². The van der Waals surface area contributed by atoms with Crippen molar-refractivity contribution in [1.82, 2.24) is 5.32 Å². The quantitative estimate of drug-likeness (QED) is 0.639. The maximum Gasteiger partial charge on any atom is 0.261 e. The summed E-state index contributed by atoms with van der Waals surface area (Å²) in [6.45, 7) is 4.07. The lowest BCUT2D eigenvalue weighted by atomic mass is 10.2. The summed E-state index contributed by atoms with van der Waals surface area (Å²) in [7, 11) is -1.85. The van der Waals surface area contributed by atoms with Crippen molar-refractivity contribution in [3.8, 4) is 11.5 Å². The van der Waals surface area contributed by atoms with E-state index in [1.54, 1.807) is 24.3 Å². The number of benzene rings is 2. The number of rotatable bonds is 10. The van der Waals surface area contributed by atoms with Crippen LogP contribution in [0.2, 0.25) is 0 Å². The van der Waals surface area contributed by atoms with E-state index in [4.69, 9.17) is 9.47 Å². The Labute approximate surface area is 172 Å². The van der Waals surface area contributed by atoms with Gasteiger partial charge >= 0.3 is 0 Å². The van der Waals surface area contributed by atoms with Gasteiger partial charge in [-0.05, 0) is 49.7 Å². The van der Waals surface area contributed by atoms with Gasteiger partial charge in [-0.15, -0.1) is 0 Å². The third-order valence-electron chi connectivity index (χ3n) is 4.27. The van der Waals surface area contributed by atoms with Crippen LogP contribution in [0.1, 0.15) is 20.3 Å². The van der Waals surface area contributed by atoms with Gasteiger partial charge in [0.2, 0.25) is 10.0 Å². The maximum absolute atomic E-state index is 12.5. The fourth-order valence-corrected chi connectivity index (χ4v) is 3.03. The van der Waals surface area contributed by atoms with E-state index in [2.05, 4.69) is 5.32 Å². The van der Waals surface area contributed by atoms with E-state index in [1.165, 1.54) is 11.4 Å². The van der Waals surface area contributed by atoms with Gasteiger partial charge in [-0.1, -0.05) is 25.1 Å². The van der Waals surface area contributed by atoms with Gasteiger partial charge in [-0.25, -0.2) is 8.42 Å². The number of sulfonamides is 1. The van der Waals surface area contributed by atoms with Crippen molar-refractivity contribution < 1.29 is 22.7 Å². The standard InChI is InChI=1S/C21H28N2O5S/c1-5-20(21(24)22-16(2)15-27-18-9-7-6-8-10-18)28-19-13-11-17(12-14-19)23(3)29(4,25)26/h6-14,16,20H,5,15H2,1-4H3,(H,22,24)/t16-,20-/m1/s1. The Morgan fingerprint density at radius 1 is 1.07 bits per heavy atom. The highest BCUT2D eigenvalue weighted by atomic mass is 32.2. The molecule has 0 aliphatic heterocycles. The molecule has 0 spiro atoms. The van der Waals surface area contributed by atoms with E-state index >= 15 is 0 Å². The molecule has 2 atom stereocenters. The highest BCUT2D eigenvalue weighted by molar-refractivity contribution is 7.92. The molecular weight excluding hydrogens is 392 g/mol. The lowest BCUT2D eigenvalue weighted by Gasteiger charge is -2.21. The number of hydrogen-bond acceptors (Lipinski definition) is 5. The van der Waals surface area contributed by atoms with E-state index in [9.17, 15) is 13.2 Å². The minimum absolute atomic E-state index is 0.189. The summed E-state index contributed by atoms with van der Waals surface area (Å²) >= 11 is 0. The van der Waals surface area contributed by atoms with Crippen molar-refractivity contribution in [2.24, 2.45) is 0 Å². The number of hydrogen-bond donors (Lipinski definition) is 1. The first-order valence-corrected chi connectivity index (χ1v) is 11.2. The van der Waals surface area contributed by atoms with Gasteiger partial charge in [-0.3, -0.25) is 9.10 Å². The van der Waals surface area contributed by atoms with Crippen LogP contribution < -0.4 is 19.1 Å². The zero-order chi connectivity index (χ0) is 21.4. The number of amides is 1. The second-order valence-corrected chi connectivity index (χ2v) is 8.79. The molecule has 0 heterocycles. The van der Waals surface area contributed by atoms with E-state index < -0.39 is 16.1 Å². The minimum Gasteiger partial charge on any atom is -0.491 e. The second kappa shape index (κ2) is 10.2. The highest BCUT2D eigenvalue weighted by Crippen LogP contribution is 2.21. The highest BCUT2D eigenvalue weighted by Gasteiger charge is 2.21. The van der Waals surface area contributed by atoms with Crippen LogP contribution in [-0.2, 0) is 14.8 Å². The first-order chi connectivity index (χ1) is 13.7. The zero-order valence-corrected chi connectivity index (χ0v) is 18.0. The van der Waals surface area contributed by atoms with Crippen LogP contribution in [0.4, 0.5) is 5.69 Å². The van der Waals surface area contributed by atoms with Gasteiger partial charge in [0.15, 0.2) is 6.10 Å². The van der Waals surface area contributed by atoms with Crippen molar-refractivity contribution in [2.45, 2.75) is 32.4 Å². The summed E-state index contributed by atoms with van der Waals surface area (Å²) in [6.07, 6.45) is 0.966. The SMILES string of the molecule is CC[C@@H](Oc1ccc(N(C)S(C)(=O)=O)cc1)C(=O)N[C@H](C)COc1ccccc1. The van der Waals surface area contributed by atoms with Gasteiger partial charge < -0.3 is 14.8 Å². The summed E-state index contributed by atoms with van der Waals surface area (Å²) in [5.41, 5.74) is 0.518. The lowest BCUT2D eigenvalue weighted by molar-refractivity contribution is -0.128. The van der Waals surface area contributed by atoms with Crippen LogP contribution in [0.5, 0.6) is 11.5 Å². The Kier molecular flexibility index (Phi) is 7.90. The molecule has 0 unspecified atom stereocenters. The third kappa shape index (κ3) is 6.98. The Balaban J connectivity index is 1.90. The molecule has 0 aromatic heterocycles. The number of para-hydroxylation sites is 1. The van der Waals surface area contributed by atoms with E-state index in [-0.39, 0.29) is 11.9 Å². The van der Waals surface area contributed by atoms with Gasteiger partial charge in [0.1, 0.15) is 18.1 Å². The Morgan fingerprint density at radius 3 is 2.24 bits per heavy atom. The summed E-state index contributed by atoms with van der Waals surface area (Å²) in [5.74, 6) is 1.01. The molecule has 2 aromatic rings. The van der Waals surface area contributed by atoms with Crippen LogP contribution in [-0.4, -0.2) is 46.4 Å². The summed E-state index contributed by atoms with van der Waals surface area (Å²) in [5, 5.41) is 2.89. The molecule has 1 N–H and O–H groups in total. The molecule has 158 valence electrons. The first kappa shape index (κ1) is 22.5. The molecule has 0 fully saturated rings. The molecule has 2 aromatic carbocycles. The molecule has 1 amide bonds. The van der Waals surface area contributed by atoms with Gasteiger partial charge in [0.05, 0.1) is 18.0 Å². The molecular formula is C21H28N2O5S. The number of anilines is 1. The van der Waals surface area contributed by atoms with Crippen LogP contribution in [0.25, 0.3) is 0 Å². The van der Waals surface area contributed by atoms with E-state index in [1.807, 2.05) is 44.2 Å². The Hall–Kier alpha value is -2.74. The van der Waals surface area contributed by atoms with Crippen LogP contribution in [0.3, 0.4) is 0 Å².